The zero-order chi connectivity index (χ0) is 18.7. The molecule has 1 atom stereocenters. The smallest absolute Gasteiger partial charge is 0.410 e. The third kappa shape index (κ3) is 4.58. The Balaban J connectivity index is 1.22. The summed E-state index contributed by atoms with van der Waals surface area (Å²) in [5, 5.41) is 3.52. The Morgan fingerprint density at radius 3 is 2.48 bits per heavy atom. The fourth-order valence-corrected chi connectivity index (χ4v) is 5.16. The summed E-state index contributed by atoms with van der Waals surface area (Å²) >= 11 is 0. The van der Waals surface area contributed by atoms with E-state index in [1.807, 2.05) is 4.90 Å². The van der Waals surface area contributed by atoms with E-state index in [9.17, 15) is 4.79 Å². The maximum Gasteiger partial charge on any atom is 0.410 e. The minimum atomic E-state index is -0.226. The number of hydrogen-bond acceptors (Lipinski definition) is 6. The molecule has 4 fully saturated rings. The first-order chi connectivity index (χ1) is 13.2. The van der Waals surface area contributed by atoms with Crippen LogP contribution in [-0.2, 0) is 4.74 Å². The fraction of sp³-hybridized carbons (Fsp3) is 0.950. The van der Waals surface area contributed by atoms with E-state index in [0.29, 0.717) is 6.04 Å². The van der Waals surface area contributed by atoms with E-state index in [1.54, 1.807) is 0 Å². The molecule has 0 aromatic rings. The summed E-state index contributed by atoms with van der Waals surface area (Å²) in [6.07, 6.45) is 4.47. The van der Waals surface area contributed by atoms with Crippen molar-refractivity contribution in [2.24, 2.45) is 0 Å². The largest absolute Gasteiger partial charge is 0.441 e. The molecular weight excluding hydrogens is 342 g/mol. The molecule has 4 heterocycles. The average molecular weight is 380 g/mol. The molecule has 1 N–H and O–H groups in total. The van der Waals surface area contributed by atoms with Crippen molar-refractivity contribution in [3.8, 4) is 0 Å². The van der Waals surface area contributed by atoms with Crippen LogP contribution >= 0.6 is 0 Å². The van der Waals surface area contributed by atoms with E-state index in [-0.39, 0.29) is 11.7 Å². The highest BCUT2D eigenvalue weighted by atomic mass is 16.6. The summed E-state index contributed by atoms with van der Waals surface area (Å²) in [4.78, 5) is 22.0. The molecule has 4 saturated heterocycles. The van der Waals surface area contributed by atoms with Gasteiger partial charge in [0.25, 0.3) is 0 Å². The molecule has 4 aliphatic rings. The van der Waals surface area contributed by atoms with Crippen molar-refractivity contribution >= 4 is 6.09 Å². The molecule has 0 saturated carbocycles. The number of piperazine rings is 1. The van der Waals surface area contributed by atoms with Crippen LogP contribution in [0.15, 0.2) is 0 Å². The van der Waals surface area contributed by atoms with Crippen molar-refractivity contribution < 1.29 is 9.53 Å². The molecule has 7 heteroatoms. The van der Waals surface area contributed by atoms with Gasteiger partial charge in [0.05, 0.1) is 6.54 Å². The van der Waals surface area contributed by atoms with E-state index in [0.717, 1.165) is 91.4 Å². The minimum absolute atomic E-state index is 0.0880. The molecule has 4 aliphatic heterocycles. The number of ether oxygens (including phenoxy) is 1. The summed E-state index contributed by atoms with van der Waals surface area (Å²) in [6.45, 7) is 14.9. The molecular formula is C20H37N5O2. The number of nitrogens with zero attached hydrogens (tertiary/aromatic N) is 4. The fourth-order valence-electron chi connectivity index (χ4n) is 5.16. The monoisotopic (exact) mass is 379 g/mol. The lowest BCUT2D eigenvalue weighted by atomic mass is 9.89. The van der Waals surface area contributed by atoms with Gasteiger partial charge in [-0.2, -0.15) is 0 Å². The lowest BCUT2D eigenvalue weighted by Gasteiger charge is -2.42. The van der Waals surface area contributed by atoms with Crippen molar-refractivity contribution in [2.45, 2.75) is 44.2 Å². The Morgan fingerprint density at radius 2 is 1.81 bits per heavy atom. The van der Waals surface area contributed by atoms with Crippen molar-refractivity contribution in [3.05, 3.63) is 0 Å². The number of amides is 1. The molecule has 0 radical (unpaired) electrons. The quantitative estimate of drug-likeness (QED) is 0.758. The van der Waals surface area contributed by atoms with Crippen molar-refractivity contribution in [2.75, 3.05) is 78.5 Å². The predicted molar refractivity (Wildman–Crippen MR) is 106 cm³/mol. The normalized spacial score (nSPS) is 30.8. The Bertz CT molecular complexity index is 495. The molecule has 0 bridgehead atoms. The van der Waals surface area contributed by atoms with Crippen LogP contribution in [0.2, 0.25) is 0 Å². The first-order valence-corrected chi connectivity index (χ1v) is 11.0. The van der Waals surface area contributed by atoms with E-state index < -0.39 is 0 Å². The van der Waals surface area contributed by atoms with Crippen molar-refractivity contribution in [3.63, 3.8) is 0 Å². The second kappa shape index (κ2) is 8.64. The Hall–Kier alpha value is -0.890. The van der Waals surface area contributed by atoms with Gasteiger partial charge in [-0.05, 0) is 25.9 Å². The van der Waals surface area contributed by atoms with Gasteiger partial charge < -0.3 is 19.9 Å². The van der Waals surface area contributed by atoms with Crippen LogP contribution in [0.4, 0.5) is 4.79 Å². The Morgan fingerprint density at radius 1 is 1.07 bits per heavy atom. The molecule has 7 nitrogen and oxygen atoms in total. The van der Waals surface area contributed by atoms with Crippen LogP contribution in [0.25, 0.3) is 0 Å². The van der Waals surface area contributed by atoms with Crippen LogP contribution in [0.5, 0.6) is 0 Å². The summed E-state index contributed by atoms with van der Waals surface area (Å²) in [6, 6.07) is 0.672. The van der Waals surface area contributed by atoms with Crippen molar-refractivity contribution in [1.82, 2.24) is 24.9 Å². The second-order valence-corrected chi connectivity index (χ2v) is 8.78. The van der Waals surface area contributed by atoms with Gasteiger partial charge in [-0.15, -0.1) is 0 Å². The highest BCUT2D eigenvalue weighted by Crippen LogP contribution is 2.34. The number of carbonyl (C=O) groups excluding carboxylic acids is 1. The highest BCUT2D eigenvalue weighted by Gasteiger charge is 2.47. The van der Waals surface area contributed by atoms with Gasteiger partial charge in [0.2, 0.25) is 0 Å². The van der Waals surface area contributed by atoms with E-state index in [2.05, 4.69) is 26.9 Å². The zero-order valence-electron chi connectivity index (χ0n) is 17.0. The third-order valence-corrected chi connectivity index (χ3v) is 7.14. The SMILES string of the molecule is CCN1CCN(CCN2CC3(CCN([C@@H]4CCCNC4)CC3)OC2=O)CC1. The standard InChI is InChI=1S/C20H37N5O2/c1-2-22-10-12-23(13-11-22)14-15-25-17-20(27-19(25)26)5-8-24(9-6-20)18-4-3-7-21-16-18/h18,21H,2-17H2,1H3/t18-/m1/s1. The summed E-state index contributed by atoms with van der Waals surface area (Å²) in [7, 11) is 0. The van der Waals surface area contributed by atoms with Gasteiger partial charge in [0.15, 0.2) is 0 Å². The van der Waals surface area contributed by atoms with Gasteiger partial charge in [0, 0.05) is 77.8 Å². The zero-order valence-corrected chi connectivity index (χ0v) is 17.0. The number of rotatable bonds is 5. The number of likely N-dealkylation sites (tertiary alicyclic amines) is 1. The molecule has 154 valence electrons. The van der Waals surface area contributed by atoms with Crippen LogP contribution in [0.1, 0.15) is 32.6 Å². The first-order valence-electron chi connectivity index (χ1n) is 11.0. The van der Waals surface area contributed by atoms with Crippen LogP contribution in [-0.4, -0.2) is 116 Å². The summed E-state index contributed by atoms with van der Waals surface area (Å²) < 4.78 is 5.93. The van der Waals surface area contributed by atoms with E-state index >= 15 is 0 Å². The topological polar surface area (TPSA) is 51.3 Å². The average Bonchev–Trinajstić information content (AvgIpc) is 3.03. The molecule has 0 aromatic carbocycles. The number of nitrogens with one attached hydrogen (secondary N) is 1. The van der Waals surface area contributed by atoms with Gasteiger partial charge in [-0.25, -0.2) is 4.79 Å². The lowest BCUT2D eigenvalue weighted by molar-refractivity contribution is -0.0127. The van der Waals surface area contributed by atoms with Crippen LogP contribution in [0, 0.1) is 0 Å². The lowest BCUT2D eigenvalue weighted by Crippen LogP contribution is -2.53. The van der Waals surface area contributed by atoms with E-state index in [1.165, 1.54) is 12.8 Å². The molecule has 1 amide bonds. The second-order valence-electron chi connectivity index (χ2n) is 8.78. The number of likely N-dealkylation sites (N-methyl/N-ethyl adjacent to an activating group) is 1. The van der Waals surface area contributed by atoms with Gasteiger partial charge in [-0.1, -0.05) is 6.92 Å². The third-order valence-electron chi connectivity index (χ3n) is 7.14. The molecule has 0 unspecified atom stereocenters. The molecule has 4 rings (SSSR count). The molecule has 1 spiro atoms. The molecule has 0 aliphatic carbocycles. The predicted octanol–water partition coefficient (Wildman–Crippen LogP) is 0.663. The van der Waals surface area contributed by atoms with E-state index in [4.69, 9.17) is 4.74 Å². The Kier molecular flexibility index (Phi) is 6.21. The van der Waals surface area contributed by atoms with Gasteiger partial charge >= 0.3 is 6.09 Å². The van der Waals surface area contributed by atoms with Crippen molar-refractivity contribution in [1.29, 1.82) is 0 Å². The summed E-state index contributed by atoms with van der Waals surface area (Å²) in [5.41, 5.74) is -0.226. The highest BCUT2D eigenvalue weighted by molar-refractivity contribution is 5.70. The molecule has 27 heavy (non-hydrogen) atoms. The number of carbonyl (C=O) groups is 1. The Labute approximate surface area is 164 Å². The number of piperidine rings is 2. The summed E-state index contributed by atoms with van der Waals surface area (Å²) in [5.74, 6) is 0. The molecule has 0 aromatic heterocycles. The van der Waals surface area contributed by atoms with Crippen LogP contribution in [0.3, 0.4) is 0 Å². The number of hydrogen-bond donors (Lipinski definition) is 1. The van der Waals surface area contributed by atoms with Crippen LogP contribution < -0.4 is 5.32 Å². The first kappa shape index (κ1) is 19.4. The minimum Gasteiger partial charge on any atom is -0.441 e. The maximum atomic E-state index is 12.5. The maximum absolute atomic E-state index is 12.5. The van der Waals surface area contributed by atoms with Gasteiger partial charge in [0.1, 0.15) is 5.60 Å². The van der Waals surface area contributed by atoms with Gasteiger partial charge in [-0.3, -0.25) is 9.80 Å².